The molecule has 0 saturated carbocycles. The summed E-state index contributed by atoms with van der Waals surface area (Å²) < 4.78 is 0. The lowest BCUT2D eigenvalue weighted by Gasteiger charge is -2.31. The summed E-state index contributed by atoms with van der Waals surface area (Å²) in [5, 5.41) is 2.86. The van der Waals surface area contributed by atoms with Crippen LogP contribution in [0, 0.1) is 5.92 Å². The van der Waals surface area contributed by atoms with Gasteiger partial charge in [0.1, 0.15) is 0 Å². The fourth-order valence-electron chi connectivity index (χ4n) is 1.92. The van der Waals surface area contributed by atoms with Gasteiger partial charge in [0.2, 0.25) is 11.8 Å². The summed E-state index contributed by atoms with van der Waals surface area (Å²) in [4.78, 5) is 24.7. The van der Waals surface area contributed by atoms with Crippen LogP contribution in [-0.4, -0.2) is 36.3 Å². The molecular formula is C12H20N2O2. The maximum atomic E-state index is 11.8. The number of carbonyl (C=O) groups excluding carboxylic acids is 2. The van der Waals surface area contributed by atoms with E-state index in [9.17, 15) is 9.59 Å². The average Bonchev–Trinajstić information content (AvgIpc) is 2.29. The van der Waals surface area contributed by atoms with Crippen LogP contribution < -0.4 is 5.32 Å². The monoisotopic (exact) mass is 224 g/mol. The summed E-state index contributed by atoms with van der Waals surface area (Å²) >= 11 is 0. The summed E-state index contributed by atoms with van der Waals surface area (Å²) in [5.41, 5.74) is 0. The summed E-state index contributed by atoms with van der Waals surface area (Å²) in [6, 6.07) is 0. The molecule has 1 aliphatic rings. The van der Waals surface area contributed by atoms with Crippen molar-refractivity contribution in [2.24, 2.45) is 5.92 Å². The van der Waals surface area contributed by atoms with Gasteiger partial charge in [0.15, 0.2) is 0 Å². The van der Waals surface area contributed by atoms with E-state index in [1.165, 1.54) is 0 Å². The molecule has 90 valence electrons. The maximum Gasteiger partial charge on any atom is 0.224 e. The predicted molar refractivity (Wildman–Crippen MR) is 62.8 cm³/mol. The molecule has 1 saturated heterocycles. The highest BCUT2D eigenvalue weighted by Crippen LogP contribution is 2.16. The molecule has 1 rings (SSSR count). The van der Waals surface area contributed by atoms with Gasteiger partial charge in [0, 0.05) is 26.6 Å². The van der Waals surface area contributed by atoms with Gasteiger partial charge < -0.3 is 10.2 Å². The number of nitrogens with one attached hydrogen (secondary N) is 1. The number of piperidine rings is 1. The second-order valence-corrected chi connectivity index (χ2v) is 4.17. The fourth-order valence-corrected chi connectivity index (χ4v) is 1.92. The van der Waals surface area contributed by atoms with E-state index in [4.69, 9.17) is 0 Å². The molecule has 0 aliphatic carbocycles. The van der Waals surface area contributed by atoms with Crippen molar-refractivity contribution >= 4 is 11.8 Å². The standard InChI is InChI=1S/C12H20N2O2/c1-3-4-7-13-12(16)11-6-5-8-14(9-11)10(2)15/h3,11H,1,4-9H2,2H3,(H,13,16). The van der Waals surface area contributed by atoms with Gasteiger partial charge in [0.05, 0.1) is 5.92 Å². The highest BCUT2D eigenvalue weighted by Gasteiger charge is 2.26. The predicted octanol–water partition coefficient (Wildman–Crippen LogP) is 0.937. The van der Waals surface area contributed by atoms with Crippen LogP contribution in [0.5, 0.6) is 0 Å². The van der Waals surface area contributed by atoms with E-state index in [1.807, 2.05) is 0 Å². The van der Waals surface area contributed by atoms with Crippen molar-refractivity contribution in [3.8, 4) is 0 Å². The zero-order valence-corrected chi connectivity index (χ0v) is 9.87. The number of amides is 2. The maximum absolute atomic E-state index is 11.8. The first-order chi connectivity index (χ1) is 7.65. The van der Waals surface area contributed by atoms with E-state index in [0.717, 1.165) is 25.8 Å². The molecule has 1 N–H and O–H groups in total. The SMILES string of the molecule is C=CCCNC(=O)C1CCCN(C(C)=O)C1. The van der Waals surface area contributed by atoms with Gasteiger partial charge in [-0.3, -0.25) is 9.59 Å². The Hall–Kier alpha value is -1.32. The highest BCUT2D eigenvalue weighted by atomic mass is 16.2. The molecule has 0 aromatic rings. The van der Waals surface area contributed by atoms with E-state index in [2.05, 4.69) is 11.9 Å². The topological polar surface area (TPSA) is 49.4 Å². The second-order valence-electron chi connectivity index (χ2n) is 4.17. The van der Waals surface area contributed by atoms with Crippen LogP contribution in [0.3, 0.4) is 0 Å². The Balaban J connectivity index is 2.37. The third kappa shape index (κ3) is 3.68. The van der Waals surface area contributed by atoms with Crippen LogP contribution in [0.15, 0.2) is 12.7 Å². The molecular weight excluding hydrogens is 204 g/mol. The van der Waals surface area contributed by atoms with Gasteiger partial charge in [-0.1, -0.05) is 6.08 Å². The van der Waals surface area contributed by atoms with Crippen molar-refractivity contribution in [3.05, 3.63) is 12.7 Å². The van der Waals surface area contributed by atoms with Crippen LogP contribution >= 0.6 is 0 Å². The highest BCUT2D eigenvalue weighted by molar-refractivity contribution is 5.80. The zero-order valence-electron chi connectivity index (χ0n) is 9.87. The number of hydrogen-bond acceptors (Lipinski definition) is 2. The minimum atomic E-state index is -0.0394. The Morgan fingerprint density at radius 1 is 1.56 bits per heavy atom. The third-order valence-electron chi connectivity index (χ3n) is 2.89. The molecule has 0 bridgehead atoms. The molecule has 2 amide bonds. The van der Waals surface area contributed by atoms with Crippen molar-refractivity contribution in [2.75, 3.05) is 19.6 Å². The molecule has 0 aromatic carbocycles. The van der Waals surface area contributed by atoms with Crippen LogP contribution in [0.25, 0.3) is 0 Å². The van der Waals surface area contributed by atoms with E-state index in [0.29, 0.717) is 13.1 Å². The fraction of sp³-hybridized carbons (Fsp3) is 0.667. The lowest BCUT2D eigenvalue weighted by Crippen LogP contribution is -2.44. The first-order valence-electron chi connectivity index (χ1n) is 5.79. The Morgan fingerprint density at radius 2 is 2.31 bits per heavy atom. The summed E-state index contributed by atoms with van der Waals surface area (Å²) in [7, 11) is 0. The number of nitrogens with zero attached hydrogens (tertiary/aromatic N) is 1. The zero-order chi connectivity index (χ0) is 12.0. The van der Waals surface area contributed by atoms with Gasteiger partial charge in [0.25, 0.3) is 0 Å². The van der Waals surface area contributed by atoms with Gasteiger partial charge >= 0.3 is 0 Å². The van der Waals surface area contributed by atoms with Gasteiger partial charge in [-0.25, -0.2) is 0 Å². The van der Waals surface area contributed by atoms with Crippen molar-refractivity contribution in [1.82, 2.24) is 10.2 Å². The quantitative estimate of drug-likeness (QED) is 0.570. The molecule has 0 spiro atoms. The molecule has 1 fully saturated rings. The number of rotatable bonds is 4. The third-order valence-corrected chi connectivity index (χ3v) is 2.89. The van der Waals surface area contributed by atoms with E-state index in [-0.39, 0.29) is 17.7 Å². The summed E-state index contributed by atoms with van der Waals surface area (Å²) in [5.74, 6) is 0.0823. The number of hydrogen-bond donors (Lipinski definition) is 1. The lowest BCUT2D eigenvalue weighted by atomic mass is 9.97. The Labute approximate surface area is 96.7 Å². The van der Waals surface area contributed by atoms with Gasteiger partial charge in [-0.05, 0) is 19.3 Å². The van der Waals surface area contributed by atoms with Gasteiger partial charge in [-0.2, -0.15) is 0 Å². The van der Waals surface area contributed by atoms with Crippen LogP contribution in [0.4, 0.5) is 0 Å². The van der Waals surface area contributed by atoms with E-state index >= 15 is 0 Å². The van der Waals surface area contributed by atoms with Crippen molar-refractivity contribution < 1.29 is 9.59 Å². The molecule has 1 aliphatic heterocycles. The first-order valence-corrected chi connectivity index (χ1v) is 5.79. The molecule has 1 unspecified atom stereocenters. The molecule has 1 heterocycles. The summed E-state index contributed by atoms with van der Waals surface area (Å²) in [6.45, 7) is 7.14. The van der Waals surface area contributed by atoms with Crippen molar-refractivity contribution in [3.63, 3.8) is 0 Å². The average molecular weight is 224 g/mol. The largest absolute Gasteiger partial charge is 0.355 e. The Bertz CT molecular complexity index is 276. The molecule has 4 nitrogen and oxygen atoms in total. The van der Waals surface area contributed by atoms with E-state index in [1.54, 1.807) is 17.9 Å². The van der Waals surface area contributed by atoms with Crippen LogP contribution in [0.1, 0.15) is 26.2 Å². The molecule has 16 heavy (non-hydrogen) atoms. The molecule has 4 heteroatoms. The van der Waals surface area contributed by atoms with E-state index < -0.39 is 0 Å². The van der Waals surface area contributed by atoms with Crippen molar-refractivity contribution in [2.45, 2.75) is 26.2 Å². The van der Waals surface area contributed by atoms with Crippen molar-refractivity contribution in [1.29, 1.82) is 0 Å². The Kier molecular flexibility index (Phi) is 5.02. The second kappa shape index (κ2) is 6.30. The molecule has 0 radical (unpaired) electrons. The Morgan fingerprint density at radius 3 is 2.94 bits per heavy atom. The minimum absolute atomic E-state index is 0.0394. The molecule has 1 atom stereocenters. The van der Waals surface area contributed by atoms with Gasteiger partial charge in [-0.15, -0.1) is 6.58 Å². The summed E-state index contributed by atoms with van der Waals surface area (Å²) in [6.07, 6.45) is 4.36. The molecule has 0 aromatic heterocycles. The number of carbonyl (C=O) groups is 2. The van der Waals surface area contributed by atoms with Crippen LogP contribution in [-0.2, 0) is 9.59 Å². The smallest absolute Gasteiger partial charge is 0.224 e. The normalized spacial score (nSPS) is 20.3. The first kappa shape index (κ1) is 12.7. The minimum Gasteiger partial charge on any atom is -0.355 e. The lowest BCUT2D eigenvalue weighted by molar-refractivity contribution is -0.133. The van der Waals surface area contributed by atoms with Crippen LogP contribution in [0.2, 0.25) is 0 Å². The number of likely N-dealkylation sites (tertiary alicyclic amines) is 1.